The van der Waals surface area contributed by atoms with E-state index in [-0.39, 0.29) is 11.6 Å². The van der Waals surface area contributed by atoms with Gasteiger partial charge in [-0.05, 0) is 81.0 Å². The van der Waals surface area contributed by atoms with Crippen LogP contribution in [-0.2, 0) is 0 Å². The molecule has 0 bridgehead atoms. The van der Waals surface area contributed by atoms with Gasteiger partial charge in [0, 0.05) is 23.5 Å². The number of rotatable bonds is 4. The highest BCUT2D eigenvalue weighted by atomic mass is 16.2. The molecule has 2 N–H and O–H groups in total. The Kier molecular flexibility index (Phi) is 5.73. The van der Waals surface area contributed by atoms with Crippen molar-refractivity contribution in [3.63, 3.8) is 0 Å². The molecular formula is C23H30N4O. The minimum Gasteiger partial charge on any atom is -0.366 e. The summed E-state index contributed by atoms with van der Waals surface area (Å²) in [5.74, 6) is 0.481. The Bertz CT molecular complexity index is 874. The van der Waals surface area contributed by atoms with Gasteiger partial charge in [0.15, 0.2) is 0 Å². The maximum atomic E-state index is 12.0. The number of hydrogen-bond donors (Lipinski definition) is 2. The highest BCUT2D eigenvalue weighted by molar-refractivity contribution is 5.91. The van der Waals surface area contributed by atoms with Crippen molar-refractivity contribution in [3.8, 4) is 0 Å². The quantitative estimate of drug-likeness (QED) is 0.563. The van der Waals surface area contributed by atoms with Crippen LogP contribution < -0.4 is 15.6 Å². The van der Waals surface area contributed by atoms with E-state index in [1.807, 2.05) is 30.3 Å². The first-order chi connectivity index (χ1) is 13.3. The second-order valence-electron chi connectivity index (χ2n) is 8.12. The molecule has 5 heteroatoms. The van der Waals surface area contributed by atoms with Crippen LogP contribution in [0.15, 0.2) is 47.6 Å². The van der Waals surface area contributed by atoms with Crippen LogP contribution >= 0.6 is 0 Å². The fraction of sp³-hybridized carbons (Fsp3) is 0.391. The molecule has 2 aromatic carbocycles. The summed E-state index contributed by atoms with van der Waals surface area (Å²) in [4.78, 5) is 14.5. The largest absolute Gasteiger partial charge is 0.366 e. The van der Waals surface area contributed by atoms with Crippen LogP contribution in [0.5, 0.6) is 0 Å². The highest BCUT2D eigenvalue weighted by Crippen LogP contribution is 2.43. The summed E-state index contributed by atoms with van der Waals surface area (Å²) < 4.78 is 0. The molecule has 3 rings (SSSR count). The zero-order chi connectivity index (χ0) is 20.3. The third-order valence-corrected chi connectivity index (χ3v) is 5.49. The highest BCUT2D eigenvalue weighted by Gasteiger charge is 2.35. The lowest BCUT2D eigenvalue weighted by Gasteiger charge is -2.47. The number of para-hydroxylation sites is 1. The number of carbonyl (C=O) groups excluding carboxylic acids is 1. The monoisotopic (exact) mass is 378 g/mol. The molecule has 0 radical (unpaired) electrons. The second kappa shape index (κ2) is 8.05. The SMILES string of the molecule is CCN1c2cc(C)c(/C=N/NC(=O)Nc3ccccc3)cc2[C@@H](C)CC1(C)C. The predicted octanol–water partition coefficient (Wildman–Crippen LogP) is 5.26. The van der Waals surface area contributed by atoms with Crippen molar-refractivity contribution in [2.45, 2.75) is 52.5 Å². The smallest absolute Gasteiger partial charge is 0.339 e. The van der Waals surface area contributed by atoms with Gasteiger partial charge in [-0.2, -0.15) is 5.10 Å². The first-order valence-electron chi connectivity index (χ1n) is 9.89. The minimum atomic E-state index is -0.356. The number of fused-ring (bicyclic) bond motifs is 1. The Balaban J connectivity index is 1.76. The molecule has 2 aromatic rings. The van der Waals surface area contributed by atoms with Gasteiger partial charge in [0.05, 0.1) is 6.21 Å². The molecule has 5 nitrogen and oxygen atoms in total. The maximum absolute atomic E-state index is 12.0. The molecule has 28 heavy (non-hydrogen) atoms. The van der Waals surface area contributed by atoms with Crippen molar-refractivity contribution in [3.05, 3.63) is 59.2 Å². The van der Waals surface area contributed by atoms with E-state index in [4.69, 9.17) is 0 Å². The number of anilines is 2. The fourth-order valence-electron chi connectivity index (χ4n) is 4.23. The minimum absolute atomic E-state index is 0.153. The molecule has 2 amide bonds. The second-order valence-corrected chi connectivity index (χ2v) is 8.12. The van der Waals surface area contributed by atoms with Gasteiger partial charge in [-0.1, -0.05) is 25.1 Å². The van der Waals surface area contributed by atoms with Gasteiger partial charge in [-0.15, -0.1) is 0 Å². The topological polar surface area (TPSA) is 56.7 Å². The van der Waals surface area contributed by atoms with E-state index in [0.29, 0.717) is 5.92 Å². The van der Waals surface area contributed by atoms with Gasteiger partial charge in [0.25, 0.3) is 0 Å². The van der Waals surface area contributed by atoms with E-state index in [9.17, 15) is 4.79 Å². The lowest BCUT2D eigenvalue weighted by atomic mass is 9.79. The Labute approximate surface area is 167 Å². The third kappa shape index (κ3) is 4.19. The molecule has 1 heterocycles. The number of carbonyl (C=O) groups is 1. The predicted molar refractivity (Wildman–Crippen MR) is 118 cm³/mol. The van der Waals surface area contributed by atoms with Crippen LogP contribution in [0.25, 0.3) is 0 Å². The molecule has 0 saturated heterocycles. The zero-order valence-corrected chi connectivity index (χ0v) is 17.4. The zero-order valence-electron chi connectivity index (χ0n) is 17.4. The maximum Gasteiger partial charge on any atom is 0.339 e. The van der Waals surface area contributed by atoms with Crippen LogP contribution in [0.2, 0.25) is 0 Å². The van der Waals surface area contributed by atoms with Crippen molar-refractivity contribution in [2.24, 2.45) is 5.10 Å². The third-order valence-electron chi connectivity index (χ3n) is 5.49. The molecule has 148 valence electrons. The first-order valence-corrected chi connectivity index (χ1v) is 9.89. The lowest BCUT2D eigenvalue weighted by molar-refractivity contribution is 0.252. The van der Waals surface area contributed by atoms with Gasteiger partial charge < -0.3 is 10.2 Å². The molecule has 1 aliphatic heterocycles. The van der Waals surface area contributed by atoms with E-state index >= 15 is 0 Å². The molecule has 0 unspecified atom stereocenters. The van der Waals surface area contributed by atoms with E-state index in [0.717, 1.165) is 29.8 Å². The van der Waals surface area contributed by atoms with E-state index in [2.05, 4.69) is 67.5 Å². The molecular weight excluding hydrogens is 348 g/mol. The normalized spacial score (nSPS) is 18.0. The van der Waals surface area contributed by atoms with Crippen molar-refractivity contribution < 1.29 is 4.79 Å². The number of hydrogen-bond acceptors (Lipinski definition) is 3. The average molecular weight is 379 g/mol. The van der Waals surface area contributed by atoms with Gasteiger partial charge >= 0.3 is 6.03 Å². The Morgan fingerprint density at radius 3 is 2.68 bits per heavy atom. The number of nitrogens with one attached hydrogen (secondary N) is 2. The summed E-state index contributed by atoms with van der Waals surface area (Å²) in [6.07, 6.45) is 2.84. The number of nitrogens with zero attached hydrogens (tertiary/aromatic N) is 2. The van der Waals surface area contributed by atoms with Gasteiger partial charge in [-0.25, -0.2) is 10.2 Å². The van der Waals surface area contributed by atoms with Crippen LogP contribution in [0.1, 0.15) is 56.7 Å². The molecule has 1 atom stereocenters. The summed E-state index contributed by atoms with van der Waals surface area (Å²) >= 11 is 0. The Morgan fingerprint density at radius 2 is 2.00 bits per heavy atom. The molecule has 1 aliphatic rings. The van der Waals surface area contributed by atoms with Gasteiger partial charge in [-0.3, -0.25) is 0 Å². The Hall–Kier alpha value is -2.82. The molecule has 0 aromatic heterocycles. The van der Waals surface area contributed by atoms with Crippen LogP contribution in [0.4, 0.5) is 16.2 Å². The van der Waals surface area contributed by atoms with Gasteiger partial charge in [0.1, 0.15) is 0 Å². The van der Waals surface area contributed by atoms with E-state index in [1.165, 1.54) is 11.3 Å². The molecule has 0 spiro atoms. The number of aryl methyl sites for hydroxylation is 1. The van der Waals surface area contributed by atoms with Crippen LogP contribution in [0.3, 0.4) is 0 Å². The van der Waals surface area contributed by atoms with Crippen LogP contribution in [-0.4, -0.2) is 24.3 Å². The standard InChI is InChI=1S/C23H30N4O/c1-6-27-21-12-16(2)18(13-20(21)17(3)14-23(27,4)5)15-24-26-22(28)25-19-10-8-7-9-11-19/h7-13,15,17H,6,14H2,1-5H3,(H2,25,26,28)/b24-15+/t17-/m0/s1. The van der Waals surface area contributed by atoms with E-state index in [1.54, 1.807) is 6.21 Å². The molecule has 0 saturated carbocycles. The summed E-state index contributed by atoms with van der Waals surface area (Å²) in [7, 11) is 0. The van der Waals surface area contributed by atoms with Crippen molar-refractivity contribution >= 4 is 23.6 Å². The summed E-state index contributed by atoms with van der Waals surface area (Å²) in [6.45, 7) is 12.2. The summed E-state index contributed by atoms with van der Waals surface area (Å²) in [5, 5.41) is 6.89. The van der Waals surface area contributed by atoms with Gasteiger partial charge in [0.2, 0.25) is 0 Å². The molecule has 0 fully saturated rings. The van der Waals surface area contributed by atoms with Crippen molar-refractivity contribution in [2.75, 3.05) is 16.8 Å². The summed E-state index contributed by atoms with van der Waals surface area (Å²) in [6, 6.07) is 13.4. The average Bonchev–Trinajstić information content (AvgIpc) is 2.63. The van der Waals surface area contributed by atoms with Crippen molar-refractivity contribution in [1.82, 2.24) is 5.43 Å². The lowest BCUT2D eigenvalue weighted by Crippen LogP contribution is -2.48. The number of hydrazone groups is 1. The molecule has 0 aliphatic carbocycles. The van der Waals surface area contributed by atoms with E-state index < -0.39 is 0 Å². The van der Waals surface area contributed by atoms with Crippen molar-refractivity contribution in [1.29, 1.82) is 0 Å². The Morgan fingerprint density at radius 1 is 1.29 bits per heavy atom. The number of amides is 2. The van der Waals surface area contributed by atoms with Crippen LogP contribution in [0, 0.1) is 6.92 Å². The number of urea groups is 1. The summed E-state index contributed by atoms with van der Waals surface area (Å²) in [5.41, 5.74) is 8.27. The fourth-order valence-corrected chi connectivity index (χ4v) is 4.23. The number of benzene rings is 2. The first kappa shape index (κ1) is 19.9.